The van der Waals surface area contributed by atoms with Crippen LogP contribution in [0, 0.1) is 11.3 Å². The van der Waals surface area contributed by atoms with Gasteiger partial charge in [0.05, 0.1) is 0 Å². The van der Waals surface area contributed by atoms with Crippen LogP contribution in [0.15, 0.2) is 58.7 Å². The number of rotatable bonds is 5. The Hall–Kier alpha value is -1.30. The molecular weight excluding hydrogens is 264 g/mol. The van der Waals surface area contributed by atoms with E-state index in [1.54, 1.807) is 11.1 Å². The lowest BCUT2D eigenvalue weighted by molar-refractivity contribution is 0.376. The van der Waals surface area contributed by atoms with Crippen LogP contribution in [0.1, 0.15) is 67.7 Å². The van der Waals surface area contributed by atoms with Crippen molar-refractivity contribution in [1.29, 1.82) is 0 Å². The predicted molar refractivity (Wildman–Crippen MR) is 101 cm³/mol. The van der Waals surface area contributed by atoms with Gasteiger partial charge in [-0.1, -0.05) is 75.3 Å². The fourth-order valence-corrected chi connectivity index (χ4v) is 3.04. The largest absolute Gasteiger partial charge is 0.0847 e. The number of allylic oxidation sites excluding steroid dienone is 10. The first-order valence-corrected chi connectivity index (χ1v) is 8.67. The Morgan fingerprint density at radius 1 is 1.18 bits per heavy atom. The smallest absolute Gasteiger partial charge is 0.0104 e. The first kappa shape index (κ1) is 18.7. The minimum Gasteiger partial charge on any atom is -0.0847 e. The zero-order valence-corrected chi connectivity index (χ0v) is 15.7. The second-order valence-corrected chi connectivity index (χ2v) is 7.48. The molecule has 0 heteroatoms. The van der Waals surface area contributed by atoms with Crippen LogP contribution in [0.5, 0.6) is 0 Å². The molecule has 0 saturated heterocycles. The van der Waals surface area contributed by atoms with Gasteiger partial charge in [-0.3, -0.25) is 0 Å². The van der Waals surface area contributed by atoms with Crippen LogP contribution < -0.4 is 0 Å². The van der Waals surface area contributed by atoms with Crippen LogP contribution in [-0.4, -0.2) is 0 Å². The monoisotopic (exact) mass is 298 g/mol. The third-order valence-electron chi connectivity index (χ3n) is 4.75. The lowest BCUT2D eigenvalue weighted by Crippen LogP contribution is -2.19. The Kier molecular flexibility index (Phi) is 7.13. The average molecular weight is 299 g/mol. The summed E-state index contributed by atoms with van der Waals surface area (Å²) in [6.45, 7) is 15.8. The summed E-state index contributed by atoms with van der Waals surface area (Å²) < 4.78 is 0. The van der Waals surface area contributed by atoms with E-state index < -0.39 is 0 Å². The molecule has 0 radical (unpaired) electrons. The Morgan fingerprint density at radius 3 is 2.41 bits per heavy atom. The van der Waals surface area contributed by atoms with Crippen molar-refractivity contribution >= 4 is 0 Å². The molecule has 0 fully saturated rings. The van der Waals surface area contributed by atoms with Crippen LogP contribution in [0.2, 0.25) is 0 Å². The average Bonchev–Trinajstić information content (AvgIpc) is 2.43. The van der Waals surface area contributed by atoms with E-state index in [2.05, 4.69) is 84.9 Å². The van der Waals surface area contributed by atoms with E-state index in [1.165, 1.54) is 30.4 Å². The molecule has 0 unspecified atom stereocenters. The highest BCUT2D eigenvalue weighted by Gasteiger charge is 2.26. The second-order valence-electron chi connectivity index (χ2n) is 7.48. The van der Waals surface area contributed by atoms with Crippen molar-refractivity contribution in [2.75, 3.05) is 0 Å². The molecule has 1 aliphatic carbocycles. The molecule has 0 aromatic carbocycles. The fourth-order valence-electron chi connectivity index (χ4n) is 3.04. The molecule has 0 amide bonds. The first-order chi connectivity index (χ1) is 10.3. The number of hydrogen-bond acceptors (Lipinski definition) is 0. The first-order valence-electron chi connectivity index (χ1n) is 8.67. The van der Waals surface area contributed by atoms with Crippen molar-refractivity contribution in [3.63, 3.8) is 0 Å². The summed E-state index contributed by atoms with van der Waals surface area (Å²) in [6.07, 6.45) is 17.3. The maximum atomic E-state index is 2.38. The molecule has 22 heavy (non-hydrogen) atoms. The van der Waals surface area contributed by atoms with Crippen LogP contribution >= 0.6 is 0 Å². The highest BCUT2D eigenvalue weighted by molar-refractivity contribution is 5.38. The van der Waals surface area contributed by atoms with Crippen LogP contribution in [-0.2, 0) is 0 Å². The highest BCUT2D eigenvalue weighted by atomic mass is 14.3. The van der Waals surface area contributed by atoms with Crippen molar-refractivity contribution in [1.82, 2.24) is 0 Å². The molecule has 0 aromatic heterocycles. The quantitative estimate of drug-likeness (QED) is 0.472. The van der Waals surface area contributed by atoms with Gasteiger partial charge in [0.2, 0.25) is 0 Å². The molecule has 1 rings (SSSR count). The predicted octanol–water partition coefficient (Wildman–Crippen LogP) is 7.17. The zero-order valence-electron chi connectivity index (χ0n) is 15.7. The van der Waals surface area contributed by atoms with Crippen molar-refractivity contribution in [2.45, 2.75) is 67.7 Å². The van der Waals surface area contributed by atoms with Crippen LogP contribution in [0.25, 0.3) is 0 Å². The highest BCUT2D eigenvalue weighted by Crippen LogP contribution is 2.40. The molecule has 122 valence electrons. The molecule has 0 heterocycles. The molecule has 0 nitrogen and oxygen atoms in total. The lowest BCUT2D eigenvalue weighted by atomic mass is 9.72. The van der Waals surface area contributed by atoms with Gasteiger partial charge >= 0.3 is 0 Å². The summed E-state index contributed by atoms with van der Waals surface area (Å²) >= 11 is 0. The summed E-state index contributed by atoms with van der Waals surface area (Å²) in [6, 6.07) is 0. The normalized spacial score (nSPS) is 20.7. The fraction of sp³-hybridized carbons (Fsp3) is 0.545. The summed E-state index contributed by atoms with van der Waals surface area (Å²) in [7, 11) is 0. The van der Waals surface area contributed by atoms with Gasteiger partial charge in [0.25, 0.3) is 0 Å². The van der Waals surface area contributed by atoms with Gasteiger partial charge in [-0.05, 0) is 62.5 Å². The van der Waals surface area contributed by atoms with E-state index >= 15 is 0 Å². The van der Waals surface area contributed by atoms with Crippen molar-refractivity contribution in [2.24, 2.45) is 11.3 Å². The maximum absolute atomic E-state index is 2.38. The Bertz CT molecular complexity index is 516. The van der Waals surface area contributed by atoms with Crippen LogP contribution in [0.4, 0.5) is 0 Å². The minimum absolute atomic E-state index is 0.318. The van der Waals surface area contributed by atoms with Crippen molar-refractivity contribution < 1.29 is 0 Å². The molecule has 0 saturated carbocycles. The van der Waals surface area contributed by atoms with Crippen molar-refractivity contribution in [3.8, 4) is 0 Å². The van der Waals surface area contributed by atoms with Gasteiger partial charge in [0.15, 0.2) is 0 Å². The molecule has 0 N–H and O–H groups in total. The Balaban J connectivity index is 3.00. The van der Waals surface area contributed by atoms with Gasteiger partial charge in [-0.15, -0.1) is 0 Å². The maximum Gasteiger partial charge on any atom is -0.0104 e. The van der Waals surface area contributed by atoms with Gasteiger partial charge in [0.1, 0.15) is 0 Å². The van der Waals surface area contributed by atoms with Crippen LogP contribution in [0.3, 0.4) is 0 Å². The molecule has 0 atom stereocenters. The summed E-state index contributed by atoms with van der Waals surface area (Å²) in [5.74, 6) is 0.541. The van der Waals surface area contributed by atoms with Crippen molar-refractivity contribution in [3.05, 3.63) is 58.7 Å². The Morgan fingerprint density at radius 2 is 1.86 bits per heavy atom. The van der Waals surface area contributed by atoms with Gasteiger partial charge in [-0.2, -0.15) is 0 Å². The SMILES string of the molecule is C/C=C(C)/C=C/C=C(\C=C\C1=C(C)CCCC1(C)C)C(C)C. The number of hydrogen-bond donors (Lipinski definition) is 0. The molecule has 1 aliphatic rings. The minimum atomic E-state index is 0.318. The summed E-state index contributed by atoms with van der Waals surface area (Å²) in [5.41, 5.74) is 6.12. The zero-order chi connectivity index (χ0) is 16.8. The second kappa shape index (κ2) is 8.36. The lowest BCUT2D eigenvalue weighted by Gasteiger charge is -2.33. The third-order valence-corrected chi connectivity index (χ3v) is 4.75. The summed E-state index contributed by atoms with van der Waals surface area (Å²) in [4.78, 5) is 0. The van der Waals surface area contributed by atoms with Gasteiger partial charge < -0.3 is 0 Å². The Labute approximate surface area is 138 Å². The van der Waals surface area contributed by atoms with E-state index in [4.69, 9.17) is 0 Å². The third kappa shape index (κ3) is 5.48. The molecule has 0 aliphatic heterocycles. The van der Waals surface area contributed by atoms with E-state index in [1.807, 2.05) is 0 Å². The molecule has 0 aromatic rings. The molecule has 0 bridgehead atoms. The molecule has 0 spiro atoms. The molecular formula is C22H34. The van der Waals surface area contributed by atoms with E-state index in [0.717, 1.165) is 0 Å². The van der Waals surface area contributed by atoms with E-state index in [-0.39, 0.29) is 0 Å². The van der Waals surface area contributed by atoms with E-state index in [0.29, 0.717) is 11.3 Å². The van der Waals surface area contributed by atoms with Gasteiger partial charge in [0, 0.05) is 0 Å². The van der Waals surface area contributed by atoms with E-state index in [9.17, 15) is 0 Å². The van der Waals surface area contributed by atoms with Gasteiger partial charge in [-0.25, -0.2) is 0 Å². The summed E-state index contributed by atoms with van der Waals surface area (Å²) in [5, 5.41) is 0. The topological polar surface area (TPSA) is 0 Å². The standard InChI is InChI=1S/C22H34/c1-8-18(4)11-9-13-20(17(2)3)14-15-21-19(5)12-10-16-22(21,6)7/h8-9,11,13-15,17H,10,12,16H2,1-7H3/b11-9+,15-14+,18-8+,20-13+.